The van der Waals surface area contributed by atoms with E-state index in [2.05, 4.69) is 4.98 Å². The van der Waals surface area contributed by atoms with E-state index in [1.807, 2.05) is 18.7 Å². The SMILES string of the molecule is CCOC1CCN(C(=O)c2sc(-c3ccc(F)cc3)nc2C)CC1. The Morgan fingerprint density at radius 2 is 2.00 bits per heavy atom. The average molecular weight is 348 g/mol. The maximum atomic E-state index is 13.1. The molecule has 1 aliphatic heterocycles. The van der Waals surface area contributed by atoms with E-state index in [4.69, 9.17) is 4.74 Å². The lowest BCUT2D eigenvalue weighted by Gasteiger charge is -2.31. The lowest BCUT2D eigenvalue weighted by molar-refractivity contribution is 0.0147. The number of nitrogens with zero attached hydrogens (tertiary/aromatic N) is 2. The third kappa shape index (κ3) is 3.65. The van der Waals surface area contributed by atoms with Gasteiger partial charge in [-0.1, -0.05) is 0 Å². The number of carbonyl (C=O) groups is 1. The molecule has 1 aromatic heterocycles. The van der Waals surface area contributed by atoms with Gasteiger partial charge in [0.2, 0.25) is 0 Å². The van der Waals surface area contributed by atoms with Gasteiger partial charge < -0.3 is 9.64 Å². The van der Waals surface area contributed by atoms with Gasteiger partial charge in [0.1, 0.15) is 15.7 Å². The number of thiazole rings is 1. The van der Waals surface area contributed by atoms with Gasteiger partial charge in [-0.3, -0.25) is 4.79 Å². The number of piperidine rings is 1. The number of hydrogen-bond acceptors (Lipinski definition) is 4. The van der Waals surface area contributed by atoms with Crippen LogP contribution < -0.4 is 0 Å². The molecule has 128 valence electrons. The van der Waals surface area contributed by atoms with Gasteiger partial charge in [0.05, 0.1) is 11.8 Å². The predicted octanol–water partition coefficient (Wildman–Crippen LogP) is 3.90. The Hall–Kier alpha value is -1.79. The number of ether oxygens (including phenoxy) is 1. The fourth-order valence-electron chi connectivity index (χ4n) is 2.92. The second kappa shape index (κ2) is 7.40. The molecule has 1 aliphatic rings. The standard InChI is InChI=1S/C18H21FN2O2S/c1-3-23-15-8-10-21(11-9-15)18(22)16-12(2)20-17(24-16)13-4-6-14(19)7-5-13/h4-7,15H,3,8-11H2,1-2H3. The summed E-state index contributed by atoms with van der Waals surface area (Å²) in [6.45, 7) is 5.99. The van der Waals surface area contributed by atoms with Crippen LogP contribution in [0, 0.1) is 12.7 Å². The smallest absolute Gasteiger partial charge is 0.265 e. The molecule has 2 heterocycles. The topological polar surface area (TPSA) is 42.4 Å². The molecule has 0 unspecified atom stereocenters. The van der Waals surface area contributed by atoms with Crippen molar-refractivity contribution in [2.24, 2.45) is 0 Å². The molecule has 1 saturated heterocycles. The van der Waals surface area contributed by atoms with Crippen molar-refractivity contribution in [2.75, 3.05) is 19.7 Å². The molecule has 0 spiro atoms. The third-order valence-corrected chi connectivity index (χ3v) is 5.41. The lowest BCUT2D eigenvalue weighted by atomic mass is 10.1. The predicted molar refractivity (Wildman–Crippen MR) is 92.8 cm³/mol. The quantitative estimate of drug-likeness (QED) is 0.842. The Kier molecular flexibility index (Phi) is 5.26. The van der Waals surface area contributed by atoms with Crippen molar-refractivity contribution < 1.29 is 13.9 Å². The highest BCUT2D eigenvalue weighted by atomic mass is 32.1. The van der Waals surface area contributed by atoms with Crippen LogP contribution in [0.25, 0.3) is 10.6 Å². The Labute approximate surface area is 145 Å². The zero-order valence-electron chi connectivity index (χ0n) is 13.9. The van der Waals surface area contributed by atoms with Gasteiger partial charge in [-0.05, 0) is 51.0 Å². The highest BCUT2D eigenvalue weighted by Crippen LogP contribution is 2.29. The van der Waals surface area contributed by atoms with E-state index >= 15 is 0 Å². The molecule has 1 amide bonds. The third-order valence-electron chi connectivity index (χ3n) is 4.21. The van der Waals surface area contributed by atoms with Crippen molar-refractivity contribution >= 4 is 17.2 Å². The molecule has 6 heteroatoms. The zero-order chi connectivity index (χ0) is 17.1. The number of carbonyl (C=O) groups excluding carboxylic acids is 1. The first-order chi connectivity index (χ1) is 11.6. The minimum Gasteiger partial charge on any atom is -0.378 e. The monoisotopic (exact) mass is 348 g/mol. The highest BCUT2D eigenvalue weighted by Gasteiger charge is 2.26. The number of amides is 1. The maximum Gasteiger partial charge on any atom is 0.265 e. The molecule has 0 aliphatic carbocycles. The largest absolute Gasteiger partial charge is 0.378 e. The average Bonchev–Trinajstić information content (AvgIpc) is 2.98. The lowest BCUT2D eigenvalue weighted by Crippen LogP contribution is -2.40. The van der Waals surface area contributed by atoms with E-state index in [1.54, 1.807) is 12.1 Å². The Bertz CT molecular complexity index is 706. The number of rotatable bonds is 4. The van der Waals surface area contributed by atoms with Crippen molar-refractivity contribution in [3.63, 3.8) is 0 Å². The summed E-state index contributed by atoms with van der Waals surface area (Å²) < 4.78 is 18.7. The van der Waals surface area contributed by atoms with Crippen LogP contribution >= 0.6 is 11.3 Å². The molecule has 0 radical (unpaired) electrons. The summed E-state index contributed by atoms with van der Waals surface area (Å²) in [6, 6.07) is 6.20. The van der Waals surface area contributed by atoms with Crippen molar-refractivity contribution in [3.05, 3.63) is 40.7 Å². The van der Waals surface area contributed by atoms with E-state index < -0.39 is 0 Å². The zero-order valence-corrected chi connectivity index (χ0v) is 14.7. The molecule has 2 aromatic rings. The van der Waals surface area contributed by atoms with Crippen LogP contribution in [0.1, 0.15) is 35.1 Å². The molecule has 0 atom stereocenters. The van der Waals surface area contributed by atoms with E-state index in [9.17, 15) is 9.18 Å². The van der Waals surface area contributed by atoms with Crippen LogP contribution in [0.5, 0.6) is 0 Å². The normalized spacial score (nSPS) is 15.7. The maximum absolute atomic E-state index is 13.1. The Morgan fingerprint density at radius 3 is 2.62 bits per heavy atom. The summed E-state index contributed by atoms with van der Waals surface area (Å²) in [5.41, 5.74) is 1.56. The number of hydrogen-bond donors (Lipinski definition) is 0. The second-order valence-electron chi connectivity index (χ2n) is 5.89. The van der Waals surface area contributed by atoms with Crippen LogP contribution in [0.2, 0.25) is 0 Å². The summed E-state index contributed by atoms with van der Waals surface area (Å²) in [5, 5.41) is 0.750. The second-order valence-corrected chi connectivity index (χ2v) is 6.89. The van der Waals surface area contributed by atoms with Gasteiger partial charge >= 0.3 is 0 Å². The van der Waals surface area contributed by atoms with Crippen LogP contribution in [0.15, 0.2) is 24.3 Å². The molecule has 4 nitrogen and oxygen atoms in total. The van der Waals surface area contributed by atoms with E-state index in [-0.39, 0.29) is 17.8 Å². The van der Waals surface area contributed by atoms with Gasteiger partial charge in [0.15, 0.2) is 0 Å². The summed E-state index contributed by atoms with van der Waals surface area (Å²) >= 11 is 1.38. The fraction of sp³-hybridized carbons (Fsp3) is 0.444. The number of halogens is 1. The van der Waals surface area contributed by atoms with E-state index in [1.165, 1.54) is 23.5 Å². The van der Waals surface area contributed by atoms with Crippen LogP contribution in [0.4, 0.5) is 4.39 Å². The van der Waals surface area contributed by atoms with Gasteiger partial charge in [-0.25, -0.2) is 9.37 Å². The van der Waals surface area contributed by atoms with Crippen molar-refractivity contribution in [1.29, 1.82) is 0 Å². The fourth-order valence-corrected chi connectivity index (χ4v) is 3.96. The summed E-state index contributed by atoms with van der Waals surface area (Å²) in [5.74, 6) is -0.242. The van der Waals surface area contributed by atoms with Crippen molar-refractivity contribution in [2.45, 2.75) is 32.8 Å². The van der Waals surface area contributed by atoms with Crippen LogP contribution in [0.3, 0.4) is 0 Å². The first kappa shape index (κ1) is 17.0. The van der Waals surface area contributed by atoms with Crippen molar-refractivity contribution in [3.8, 4) is 10.6 Å². The number of aryl methyl sites for hydroxylation is 1. The first-order valence-corrected chi connectivity index (χ1v) is 9.04. The van der Waals surface area contributed by atoms with Gasteiger partial charge in [0.25, 0.3) is 5.91 Å². The van der Waals surface area contributed by atoms with Gasteiger partial charge in [0, 0.05) is 25.3 Å². The number of aromatic nitrogens is 1. The molecule has 0 bridgehead atoms. The number of likely N-dealkylation sites (tertiary alicyclic amines) is 1. The molecular formula is C18H21FN2O2S. The summed E-state index contributed by atoms with van der Waals surface area (Å²) in [7, 11) is 0. The minimum absolute atomic E-state index is 0.0355. The van der Waals surface area contributed by atoms with Gasteiger partial charge in [-0.2, -0.15) is 0 Å². The summed E-state index contributed by atoms with van der Waals surface area (Å²) in [6.07, 6.45) is 2.02. The van der Waals surface area contributed by atoms with Crippen LogP contribution in [-0.2, 0) is 4.74 Å². The molecule has 1 fully saturated rings. The molecular weight excluding hydrogens is 327 g/mol. The molecule has 0 saturated carbocycles. The Balaban J connectivity index is 1.73. The molecule has 1 aromatic carbocycles. The molecule has 3 rings (SSSR count). The van der Waals surface area contributed by atoms with Crippen molar-refractivity contribution in [1.82, 2.24) is 9.88 Å². The first-order valence-electron chi connectivity index (χ1n) is 8.22. The highest BCUT2D eigenvalue weighted by molar-refractivity contribution is 7.17. The Morgan fingerprint density at radius 1 is 1.33 bits per heavy atom. The molecule has 0 N–H and O–H groups in total. The molecule has 24 heavy (non-hydrogen) atoms. The minimum atomic E-state index is -0.277. The van der Waals surface area contributed by atoms with Crippen LogP contribution in [-0.4, -0.2) is 41.6 Å². The number of benzene rings is 1. The van der Waals surface area contributed by atoms with E-state index in [0.717, 1.165) is 29.1 Å². The van der Waals surface area contributed by atoms with Gasteiger partial charge in [-0.15, -0.1) is 11.3 Å². The summed E-state index contributed by atoms with van der Waals surface area (Å²) in [4.78, 5) is 19.8. The van der Waals surface area contributed by atoms with E-state index in [0.29, 0.717) is 24.6 Å².